The van der Waals surface area contributed by atoms with Crippen LogP contribution in [0.5, 0.6) is 0 Å². The number of nitrogens with one attached hydrogen (secondary N) is 3. The number of primary amides is 1. The van der Waals surface area contributed by atoms with Gasteiger partial charge in [-0.15, -0.1) is 0 Å². The smallest absolute Gasteiger partial charge is 0.326 e. The predicted octanol–water partition coefficient (Wildman–Crippen LogP) is -2.83. The molecule has 0 radical (unpaired) electrons. The molecule has 0 aromatic rings. The van der Waals surface area contributed by atoms with Crippen molar-refractivity contribution in [2.24, 2.45) is 17.4 Å². The number of carbonyl (C=O) groups excluding carboxylic acids is 4. The third-order valence-electron chi connectivity index (χ3n) is 3.93. The Morgan fingerprint density at radius 1 is 0.862 bits per heavy atom. The fraction of sp³-hybridized carbons (Fsp3) is 0.706. The zero-order valence-corrected chi connectivity index (χ0v) is 17.0. The minimum atomic E-state index is -1.53. The maximum absolute atomic E-state index is 12.5. The summed E-state index contributed by atoms with van der Waals surface area (Å²) < 4.78 is 0. The van der Waals surface area contributed by atoms with Gasteiger partial charge in [0, 0.05) is 0 Å². The highest BCUT2D eigenvalue weighted by Gasteiger charge is 2.30. The van der Waals surface area contributed by atoms with Crippen LogP contribution in [-0.4, -0.2) is 70.1 Å². The lowest BCUT2D eigenvalue weighted by Crippen LogP contribution is -2.57. The van der Waals surface area contributed by atoms with Crippen LogP contribution < -0.4 is 27.4 Å². The van der Waals surface area contributed by atoms with Crippen LogP contribution >= 0.6 is 0 Å². The van der Waals surface area contributed by atoms with Gasteiger partial charge in [0.05, 0.1) is 12.5 Å². The Labute approximate surface area is 168 Å². The van der Waals surface area contributed by atoms with Gasteiger partial charge in [0.25, 0.3) is 0 Å². The second-order valence-corrected chi connectivity index (χ2v) is 7.26. The van der Waals surface area contributed by atoms with Crippen LogP contribution in [0.1, 0.15) is 40.5 Å². The van der Waals surface area contributed by atoms with Gasteiger partial charge in [-0.3, -0.25) is 19.2 Å². The summed E-state index contributed by atoms with van der Waals surface area (Å²) in [6, 6.07) is -4.95. The van der Waals surface area contributed by atoms with Gasteiger partial charge in [0.2, 0.25) is 23.6 Å². The molecule has 0 rings (SSSR count). The molecule has 0 aliphatic rings. The van der Waals surface area contributed by atoms with Gasteiger partial charge in [-0.25, -0.2) is 4.79 Å². The summed E-state index contributed by atoms with van der Waals surface area (Å²) in [7, 11) is 0. The maximum Gasteiger partial charge on any atom is 0.326 e. The number of carbonyl (C=O) groups is 5. The highest BCUT2D eigenvalue weighted by molar-refractivity contribution is 5.94. The summed E-state index contributed by atoms with van der Waals surface area (Å²) in [6.45, 7) is 6.28. The molecule has 9 N–H and O–H groups in total. The SMILES string of the molecule is CC(C)CC(NC(=O)C(N)C(C)O)C(=O)NC(C)C(=O)NC(CC(N)=O)C(=O)O. The lowest BCUT2D eigenvalue weighted by molar-refractivity contribution is -0.143. The van der Waals surface area contributed by atoms with Crippen LogP contribution in [-0.2, 0) is 24.0 Å². The standard InChI is InChI=1S/C17H31N5O7/c1-7(2)5-10(21-16(27)13(19)9(4)23)15(26)20-8(3)14(25)22-11(17(28)29)6-12(18)24/h7-11,13,23H,5-6,19H2,1-4H3,(H2,18,24)(H,20,26)(H,21,27)(H,22,25)(H,28,29). The van der Waals surface area contributed by atoms with E-state index in [4.69, 9.17) is 16.6 Å². The molecule has 0 saturated carbocycles. The molecule has 12 nitrogen and oxygen atoms in total. The zero-order valence-electron chi connectivity index (χ0n) is 17.0. The van der Waals surface area contributed by atoms with Crippen molar-refractivity contribution in [3.63, 3.8) is 0 Å². The number of aliphatic carboxylic acids is 1. The monoisotopic (exact) mass is 417 g/mol. The summed E-state index contributed by atoms with van der Waals surface area (Å²) in [4.78, 5) is 58.7. The van der Waals surface area contributed by atoms with Crippen molar-refractivity contribution in [1.29, 1.82) is 0 Å². The molecule has 5 unspecified atom stereocenters. The number of aliphatic hydroxyl groups is 1. The number of amides is 4. The molecule has 0 saturated heterocycles. The van der Waals surface area contributed by atoms with E-state index >= 15 is 0 Å². The number of carboxylic acid groups (broad SMARTS) is 1. The third-order valence-corrected chi connectivity index (χ3v) is 3.93. The average Bonchev–Trinajstić information content (AvgIpc) is 2.58. The first kappa shape index (κ1) is 26.3. The second kappa shape index (κ2) is 12.0. The fourth-order valence-corrected chi connectivity index (χ4v) is 2.27. The van der Waals surface area contributed by atoms with Gasteiger partial charge >= 0.3 is 5.97 Å². The Balaban J connectivity index is 5.09. The summed E-state index contributed by atoms with van der Waals surface area (Å²) in [6.07, 6.45) is -1.50. The number of hydrogen-bond donors (Lipinski definition) is 7. The van der Waals surface area contributed by atoms with E-state index in [9.17, 15) is 29.1 Å². The van der Waals surface area contributed by atoms with Crippen LogP contribution in [0.4, 0.5) is 0 Å². The molecule has 0 heterocycles. The average molecular weight is 417 g/mol. The predicted molar refractivity (Wildman–Crippen MR) is 102 cm³/mol. The Morgan fingerprint density at radius 3 is 1.79 bits per heavy atom. The van der Waals surface area contributed by atoms with E-state index in [2.05, 4.69) is 16.0 Å². The lowest BCUT2D eigenvalue weighted by Gasteiger charge is -2.25. The third kappa shape index (κ3) is 9.85. The summed E-state index contributed by atoms with van der Waals surface area (Å²) in [5, 5.41) is 25.4. The topological polar surface area (TPSA) is 214 Å². The molecular weight excluding hydrogens is 386 g/mol. The summed E-state index contributed by atoms with van der Waals surface area (Å²) in [5.74, 6) is -4.62. The second-order valence-electron chi connectivity index (χ2n) is 7.26. The van der Waals surface area contributed by atoms with Crippen molar-refractivity contribution in [2.75, 3.05) is 0 Å². The van der Waals surface area contributed by atoms with E-state index in [1.165, 1.54) is 13.8 Å². The highest BCUT2D eigenvalue weighted by Crippen LogP contribution is 2.06. The molecule has 5 atom stereocenters. The number of aliphatic hydroxyl groups excluding tert-OH is 1. The minimum absolute atomic E-state index is 0.00455. The van der Waals surface area contributed by atoms with E-state index in [0.717, 1.165) is 0 Å². The normalized spacial score (nSPS) is 16.1. The molecular formula is C17H31N5O7. The lowest BCUT2D eigenvalue weighted by atomic mass is 10.0. The van der Waals surface area contributed by atoms with Crippen molar-refractivity contribution in [2.45, 2.75) is 70.8 Å². The van der Waals surface area contributed by atoms with E-state index in [0.29, 0.717) is 0 Å². The van der Waals surface area contributed by atoms with E-state index in [1.807, 2.05) is 13.8 Å². The highest BCUT2D eigenvalue weighted by atomic mass is 16.4. The van der Waals surface area contributed by atoms with Crippen LogP contribution in [0, 0.1) is 5.92 Å². The van der Waals surface area contributed by atoms with Gasteiger partial charge in [0.15, 0.2) is 0 Å². The maximum atomic E-state index is 12.5. The first-order chi connectivity index (χ1) is 13.3. The largest absolute Gasteiger partial charge is 0.480 e. The molecule has 0 spiro atoms. The number of nitrogens with two attached hydrogens (primary N) is 2. The number of rotatable bonds is 12. The molecule has 0 fully saturated rings. The Morgan fingerprint density at radius 2 is 1.38 bits per heavy atom. The first-order valence-corrected chi connectivity index (χ1v) is 9.12. The van der Waals surface area contributed by atoms with Crippen molar-refractivity contribution in [3.8, 4) is 0 Å². The first-order valence-electron chi connectivity index (χ1n) is 9.12. The molecule has 12 heteroatoms. The molecule has 0 aromatic heterocycles. The van der Waals surface area contributed by atoms with Crippen LogP contribution in [0.15, 0.2) is 0 Å². The Hall–Kier alpha value is -2.73. The van der Waals surface area contributed by atoms with E-state index in [1.54, 1.807) is 0 Å². The van der Waals surface area contributed by atoms with Gasteiger partial charge in [-0.05, 0) is 26.2 Å². The van der Waals surface area contributed by atoms with Crippen molar-refractivity contribution >= 4 is 29.6 Å². The van der Waals surface area contributed by atoms with Crippen molar-refractivity contribution < 1.29 is 34.2 Å². The van der Waals surface area contributed by atoms with Gasteiger partial charge in [-0.1, -0.05) is 13.8 Å². The Bertz CT molecular complexity index is 623. The molecule has 0 bridgehead atoms. The summed E-state index contributed by atoms with van der Waals surface area (Å²) >= 11 is 0. The number of hydrogen-bond acceptors (Lipinski definition) is 7. The number of carboxylic acids is 1. The quantitative estimate of drug-likeness (QED) is 0.175. The Kier molecular flexibility index (Phi) is 10.8. The zero-order chi connectivity index (χ0) is 22.9. The van der Waals surface area contributed by atoms with Gasteiger partial charge < -0.3 is 37.6 Å². The molecule has 0 aliphatic heterocycles. The van der Waals surface area contributed by atoms with Gasteiger partial charge in [-0.2, -0.15) is 0 Å². The van der Waals surface area contributed by atoms with Crippen LogP contribution in [0.2, 0.25) is 0 Å². The minimum Gasteiger partial charge on any atom is -0.480 e. The van der Waals surface area contributed by atoms with Crippen molar-refractivity contribution in [3.05, 3.63) is 0 Å². The van der Waals surface area contributed by atoms with E-state index < -0.39 is 66.3 Å². The van der Waals surface area contributed by atoms with Crippen LogP contribution in [0.3, 0.4) is 0 Å². The van der Waals surface area contributed by atoms with Gasteiger partial charge in [0.1, 0.15) is 24.2 Å². The van der Waals surface area contributed by atoms with Crippen LogP contribution in [0.25, 0.3) is 0 Å². The molecule has 4 amide bonds. The van der Waals surface area contributed by atoms with E-state index in [-0.39, 0.29) is 12.3 Å². The summed E-state index contributed by atoms with van der Waals surface area (Å²) in [5.41, 5.74) is 10.5. The molecule has 0 aliphatic carbocycles. The molecule has 166 valence electrons. The molecule has 29 heavy (non-hydrogen) atoms. The fourth-order valence-electron chi connectivity index (χ4n) is 2.27. The van der Waals surface area contributed by atoms with Crippen molar-refractivity contribution in [1.82, 2.24) is 16.0 Å². The molecule has 0 aromatic carbocycles.